The SMILES string of the molecule is OCCC1CC2CCN1CC2. The van der Waals surface area contributed by atoms with Crippen molar-refractivity contribution in [1.82, 2.24) is 4.90 Å². The molecule has 2 bridgehead atoms. The molecule has 0 radical (unpaired) electrons. The molecule has 0 aromatic rings. The fraction of sp³-hybridized carbons (Fsp3) is 1.00. The second-order valence-electron chi connectivity index (χ2n) is 3.88. The first-order valence-electron chi connectivity index (χ1n) is 4.75. The number of nitrogens with zero attached hydrogens (tertiary/aromatic N) is 1. The Morgan fingerprint density at radius 1 is 1.27 bits per heavy atom. The van der Waals surface area contributed by atoms with Crippen molar-refractivity contribution in [2.75, 3.05) is 19.7 Å². The Kier molecular flexibility index (Phi) is 2.14. The van der Waals surface area contributed by atoms with Crippen LogP contribution < -0.4 is 0 Å². The Labute approximate surface area is 68.2 Å². The molecule has 3 rings (SSSR count). The highest BCUT2D eigenvalue weighted by Crippen LogP contribution is 2.32. The lowest BCUT2D eigenvalue weighted by Gasteiger charge is -2.45. The van der Waals surface area contributed by atoms with Crippen molar-refractivity contribution in [3.63, 3.8) is 0 Å². The minimum atomic E-state index is 0.369. The van der Waals surface area contributed by atoms with Gasteiger partial charge in [0.2, 0.25) is 0 Å². The Bertz CT molecular complexity index is 130. The predicted octanol–water partition coefficient (Wildman–Crippen LogP) is 0.853. The number of aliphatic hydroxyl groups excluding tert-OH is 1. The van der Waals surface area contributed by atoms with E-state index in [0.717, 1.165) is 12.3 Å². The summed E-state index contributed by atoms with van der Waals surface area (Å²) in [5, 5.41) is 8.82. The summed E-state index contributed by atoms with van der Waals surface area (Å²) in [5.74, 6) is 0.983. The highest BCUT2D eigenvalue weighted by Gasteiger charge is 2.32. The van der Waals surface area contributed by atoms with E-state index in [4.69, 9.17) is 5.11 Å². The van der Waals surface area contributed by atoms with Gasteiger partial charge in [0.25, 0.3) is 0 Å². The molecule has 0 aliphatic carbocycles. The summed E-state index contributed by atoms with van der Waals surface area (Å²) in [6, 6.07) is 0.715. The summed E-state index contributed by atoms with van der Waals surface area (Å²) in [4.78, 5) is 2.55. The first-order valence-corrected chi connectivity index (χ1v) is 4.75. The number of fused-ring (bicyclic) bond motifs is 3. The van der Waals surface area contributed by atoms with Gasteiger partial charge >= 0.3 is 0 Å². The minimum Gasteiger partial charge on any atom is -0.396 e. The fourth-order valence-electron chi connectivity index (χ4n) is 2.54. The van der Waals surface area contributed by atoms with Gasteiger partial charge in [-0.1, -0.05) is 0 Å². The van der Waals surface area contributed by atoms with Crippen LogP contribution in [0.25, 0.3) is 0 Å². The molecule has 1 unspecified atom stereocenters. The Morgan fingerprint density at radius 2 is 2.00 bits per heavy atom. The number of hydrogen-bond donors (Lipinski definition) is 1. The number of aliphatic hydroxyl groups is 1. The Hall–Kier alpha value is -0.0800. The molecule has 3 aliphatic rings. The predicted molar refractivity (Wildman–Crippen MR) is 44.4 cm³/mol. The summed E-state index contributed by atoms with van der Waals surface area (Å²) < 4.78 is 0. The smallest absolute Gasteiger partial charge is 0.0445 e. The molecule has 3 saturated heterocycles. The van der Waals surface area contributed by atoms with E-state index in [0.29, 0.717) is 12.6 Å². The second kappa shape index (κ2) is 3.11. The van der Waals surface area contributed by atoms with Gasteiger partial charge in [0.1, 0.15) is 0 Å². The molecule has 3 heterocycles. The van der Waals surface area contributed by atoms with Crippen LogP contribution in [0, 0.1) is 5.92 Å². The summed E-state index contributed by atoms with van der Waals surface area (Å²) in [7, 11) is 0. The van der Waals surface area contributed by atoms with Crippen LogP contribution in [-0.4, -0.2) is 35.7 Å². The van der Waals surface area contributed by atoms with Gasteiger partial charge in [0.05, 0.1) is 0 Å². The molecule has 64 valence electrons. The van der Waals surface area contributed by atoms with E-state index >= 15 is 0 Å². The van der Waals surface area contributed by atoms with Crippen molar-refractivity contribution < 1.29 is 5.11 Å². The average Bonchev–Trinajstić information content (AvgIpc) is 2.07. The van der Waals surface area contributed by atoms with Crippen LogP contribution in [0.3, 0.4) is 0 Å². The zero-order chi connectivity index (χ0) is 7.68. The lowest BCUT2D eigenvalue weighted by Crippen LogP contribution is -2.48. The normalized spacial score (nSPS) is 42.8. The van der Waals surface area contributed by atoms with Crippen molar-refractivity contribution >= 4 is 0 Å². The quantitative estimate of drug-likeness (QED) is 0.639. The maximum Gasteiger partial charge on any atom is 0.0445 e. The second-order valence-corrected chi connectivity index (χ2v) is 3.88. The van der Waals surface area contributed by atoms with Crippen LogP contribution in [0.2, 0.25) is 0 Å². The molecule has 1 N–H and O–H groups in total. The highest BCUT2D eigenvalue weighted by molar-refractivity contribution is 4.87. The largest absolute Gasteiger partial charge is 0.396 e. The van der Waals surface area contributed by atoms with E-state index in [1.807, 2.05) is 0 Å². The summed E-state index contributed by atoms with van der Waals surface area (Å²) >= 11 is 0. The molecule has 11 heavy (non-hydrogen) atoms. The van der Waals surface area contributed by atoms with Gasteiger partial charge in [0.15, 0.2) is 0 Å². The van der Waals surface area contributed by atoms with Gasteiger partial charge in [-0.3, -0.25) is 0 Å². The van der Waals surface area contributed by atoms with Crippen LogP contribution in [0.15, 0.2) is 0 Å². The summed E-state index contributed by atoms with van der Waals surface area (Å²) in [6.45, 7) is 2.94. The van der Waals surface area contributed by atoms with Crippen molar-refractivity contribution in [2.24, 2.45) is 5.92 Å². The summed E-state index contributed by atoms with van der Waals surface area (Å²) in [6.07, 6.45) is 5.15. The number of hydrogen-bond acceptors (Lipinski definition) is 2. The van der Waals surface area contributed by atoms with Crippen molar-refractivity contribution in [3.8, 4) is 0 Å². The van der Waals surface area contributed by atoms with Gasteiger partial charge in [-0.25, -0.2) is 0 Å². The van der Waals surface area contributed by atoms with Gasteiger partial charge < -0.3 is 10.0 Å². The van der Waals surface area contributed by atoms with Crippen LogP contribution in [0.1, 0.15) is 25.7 Å². The minimum absolute atomic E-state index is 0.369. The molecular formula is C9H17NO. The third kappa shape index (κ3) is 1.42. The molecular weight excluding hydrogens is 138 g/mol. The lowest BCUT2D eigenvalue weighted by atomic mass is 9.82. The van der Waals surface area contributed by atoms with E-state index in [-0.39, 0.29) is 0 Å². The van der Waals surface area contributed by atoms with Crippen molar-refractivity contribution in [3.05, 3.63) is 0 Å². The topological polar surface area (TPSA) is 23.5 Å². The van der Waals surface area contributed by atoms with E-state index < -0.39 is 0 Å². The summed E-state index contributed by atoms with van der Waals surface area (Å²) in [5.41, 5.74) is 0. The van der Waals surface area contributed by atoms with Crippen LogP contribution in [0.5, 0.6) is 0 Å². The first kappa shape index (κ1) is 7.56. The van der Waals surface area contributed by atoms with Gasteiger partial charge in [-0.15, -0.1) is 0 Å². The standard InChI is InChI=1S/C9H17NO/c11-6-3-9-7-8-1-4-10(9)5-2-8/h8-9,11H,1-7H2. The molecule has 3 fully saturated rings. The van der Waals surface area contributed by atoms with Gasteiger partial charge in [0, 0.05) is 12.6 Å². The number of piperidine rings is 3. The zero-order valence-electron chi connectivity index (χ0n) is 7.00. The molecule has 2 nitrogen and oxygen atoms in total. The van der Waals surface area contributed by atoms with Crippen molar-refractivity contribution in [2.45, 2.75) is 31.7 Å². The lowest BCUT2D eigenvalue weighted by molar-refractivity contribution is 0.0361. The van der Waals surface area contributed by atoms with Gasteiger partial charge in [-0.2, -0.15) is 0 Å². The fourth-order valence-corrected chi connectivity index (χ4v) is 2.54. The van der Waals surface area contributed by atoms with E-state index in [1.165, 1.54) is 32.4 Å². The van der Waals surface area contributed by atoms with Gasteiger partial charge in [-0.05, 0) is 44.7 Å². The van der Waals surface area contributed by atoms with Crippen LogP contribution in [0.4, 0.5) is 0 Å². The maximum atomic E-state index is 8.82. The first-order chi connectivity index (χ1) is 5.40. The third-order valence-corrected chi connectivity index (χ3v) is 3.23. The van der Waals surface area contributed by atoms with Crippen LogP contribution >= 0.6 is 0 Å². The highest BCUT2D eigenvalue weighted by atomic mass is 16.3. The molecule has 0 saturated carbocycles. The zero-order valence-corrected chi connectivity index (χ0v) is 7.00. The molecule has 0 spiro atoms. The van der Waals surface area contributed by atoms with E-state index in [2.05, 4.69) is 4.90 Å². The molecule has 0 aromatic carbocycles. The molecule has 1 atom stereocenters. The molecule has 3 aliphatic heterocycles. The molecule has 2 heteroatoms. The van der Waals surface area contributed by atoms with Crippen molar-refractivity contribution in [1.29, 1.82) is 0 Å². The van der Waals surface area contributed by atoms with Crippen LogP contribution in [-0.2, 0) is 0 Å². The molecule has 0 aromatic heterocycles. The Balaban J connectivity index is 1.92. The number of rotatable bonds is 2. The van der Waals surface area contributed by atoms with E-state index in [1.54, 1.807) is 0 Å². The molecule has 0 amide bonds. The average molecular weight is 155 g/mol. The monoisotopic (exact) mass is 155 g/mol. The van der Waals surface area contributed by atoms with E-state index in [9.17, 15) is 0 Å². The maximum absolute atomic E-state index is 8.82. The third-order valence-electron chi connectivity index (χ3n) is 3.23. The Morgan fingerprint density at radius 3 is 2.45 bits per heavy atom.